The highest BCUT2D eigenvalue weighted by atomic mass is 35.5. The number of thioether (sulfide) groups is 1. The fourth-order valence-corrected chi connectivity index (χ4v) is 2.01. The molecule has 0 amide bonds. The molecule has 0 aliphatic rings. The van der Waals surface area contributed by atoms with Crippen LogP contribution in [0.2, 0.25) is 0 Å². The van der Waals surface area contributed by atoms with Crippen molar-refractivity contribution in [3.63, 3.8) is 0 Å². The van der Waals surface area contributed by atoms with E-state index in [0.717, 1.165) is 5.56 Å². The molecule has 0 aromatic heterocycles. The predicted octanol–water partition coefficient (Wildman–Crippen LogP) is 3.21. The number of carbonyl (C=O) groups is 1. The second-order valence-corrected chi connectivity index (χ2v) is 4.82. The number of hydrogen-bond acceptors (Lipinski definition) is 3. The highest BCUT2D eigenvalue weighted by Crippen LogP contribution is 2.21. The Morgan fingerprint density at radius 1 is 1.50 bits per heavy atom. The van der Waals surface area contributed by atoms with Crippen LogP contribution >= 0.6 is 23.4 Å². The smallest absolute Gasteiger partial charge is 0.334 e. The number of benzene rings is 1. The molecule has 0 fully saturated rings. The Hall–Kier alpha value is -0.930. The van der Waals surface area contributed by atoms with Crippen molar-refractivity contribution in [3.8, 4) is 0 Å². The first kappa shape index (κ1) is 13.1. The molecular weight excluding hydrogens is 244 g/mol. The van der Waals surface area contributed by atoms with Crippen LogP contribution in [0.1, 0.15) is 5.56 Å². The third-order valence-corrected chi connectivity index (χ3v) is 3.31. The largest absolute Gasteiger partial charge is 0.460 e. The van der Waals surface area contributed by atoms with E-state index in [1.807, 2.05) is 30.3 Å². The number of carbonyl (C=O) groups excluding carboxylic acids is 1. The lowest BCUT2D eigenvalue weighted by Crippen LogP contribution is -2.14. The van der Waals surface area contributed by atoms with E-state index in [1.54, 1.807) is 0 Å². The first-order valence-electron chi connectivity index (χ1n) is 4.81. The topological polar surface area (TPSA) is 26.3 Å². The molecule has 0 heterocycles. The van der Waals surface area contributed by atoms with Crippen LogP contribution in [-0.4, -0.2) is 17.3 Å². The Morgan fingerprint density at radius 3 is 2.81 bits per heavy atom. The third kappa shape index (κ3) is 4.73. The zero-order valence-corrected chi connectivity index (χ0v) is 10.3. The van der Waals surface area contributed by atoms with E-state index in [1.165, 1.54) is 17.8 Å². The maximum Gasteiger partial charge on any atom is 0.334 e. The average Bonchev–Trinajstić information content (AvgIpc) is 2.34. The van der Waals surface area contributed by atoms with E-state index in [0.29, 0.717) is 5.75 Å². The van der Waals surface area contributed by atoms with E-state index in [2.05, 4.69) is 6.58 Å². The Balaban J connectivity index is 2.32. The maximum atomic E-state index is 11.3. The minimum atomic E-state index is -0.667. The minimum absolute atomic E-state index is 0.202. The molecule has 0 saturated heterocycles. The van der Waals surface area contributed by atoms with Gasteiger partial charge in [0.1, 0.15) is 6.61 Å². The first-order valence-corrected chi connectivity index (χ1v) is 6.29. The zero-order valence-electron chi connectivity index (χ0n) is 8.77. The summed E-state index contributed by atoms with van der Waals surface area (Å²) in [7, 11) is 0. The fourth-order valence-electron chi connectivity index (χ4n) is 1.02. The molecule has 0 aliphatic heterocycles. The van der Waals surface area contributed by atoms with Crippen LogP contribution in [-0.2, 0) is 15.3 Å². The predicted molar refractivity (Wildman–Crippen MR) is 68.5 cm³/mol. The van der Waals surface area contributed by atoms with Crippen molar-refractivity contribution >= 4 is 29.3 Å². The van der Waals surface area contributed by atoms with Gasteiger partial charge in [-0.15, -0.1) is 11.8 Å². The second kappa shape index (κ2) is 7.36. The lowest BCUT2D eigenvalue weighted by Gasteiger charge is -2.08. The molecule has 1 unspecified atom stereocenters. The summed E-state index contributed by atoms with van der Waals surface area (Å²) in [6.45, 7) is 3.66. The van der Waals surface area contributed by atoms with Gasteiger partial charge in [0, 0.05) is 5.75 Å². The molecule has 16 heavy (non-hydrogen) atoms. The monoisotopic (exact) mass is 256 g/mol. The SMILES string of the molecule is C=CCOC(=O)C(Cl)SCc1ccccc1. The highest BCUT2D eigenvalue weighted by Gasteiger charge is 2.16. The van der Waals surface area contributed by atoms with Crippen molar-refractivity contribution in [3.05, 3.63) is 48.6 Å². The van der Waals surface area contributed by atoms with Gasteiger partial charge in [0.15, 0.2) is 4.71 Å². The number of ether oxygens (including phenoxy) is 1. The molecule has 0 spiro atoms. The van der Waals surface area contributed by atoms with E-state index < -0.39 is 10.7 Å². The zero-order chi connectivity index (χ0) is 11.8. The lowest BCUT2D eigenvalue weighted by molar-refractivity contribution is -0.140. The molecule has 0 aliphatic carbocycles. The molecule has 1 atom stereocenters. The number of esters is 1. The quantitative estimate of drug-likeness (QED) is 0.444. The van der Waals surface area contributed by atoms with Crippen molar-refractivity contribution < 1.29 is 9.53 Å². The molecule has 0 N–H and O–H groups in total. The summed E-state index contributed by atoms with van der Waals surface area (Å²) < 4.78 is 4.17. The summed E-state index contributed by atoms with van der Waals surface area (Å²) in [4.78, 5) is 11.3. The minimum Gasteiger partial charge on any atom is -0.460 e. The molecule has 1 aromatic carbocycles. The van der Waals surface area contributed by atoms with E-state index >= 15 is 0 Å². The summed E-state index contributed by atoms with van der Waals surface area (Å²) in [5.41, 5.74) is 1.13. The molecule has 86 valence electrons. The van der Waals surface area contributed by atoms with Crippen LogP contribution in [0.4, 0.5) is 0 Å². The summed E-state index contributed by atoms with van der Waals surface area (Å²) in [5.74, 6) is 0.278. The van der Waals surface area contributed by atoms with E-state index in [4.69, 9.17) is 16.3 Å². The normalized spacial score (nSPS) is 11.8. The first-order chi connectivity index (χ1) is 7.74. The Bertz CT molecular complexity index is 340. The van der Waals surface area contributed by atoms with Crippen LogP contribution in [0, 0.1) is 0 Å². The van der Waals surface area contributed by atoms with Crippen molar-refractivity contribution in [2.75, 3.05) is 6.61 Å². The van der Waals surface area contributed by atoms with Crippen LogP contribution < -0.4 is 0 Å². The number of halogens is 1. The molecular formula is C12H13ClO2S. The molecule has 4 heteroatoms. The number of alkyl halides is 1. The van der Waals surface area contributed by atoms with Crippen LogP contribution in [0.25, 0.3) is 0 Å². The molecule has 0 bridgehead atoms. The summed E-state index contributed by atoms with van der Waals surface area (Å²) in [6, 6.07) is 9.84. The van der Waals surface area contributed by atoms with Gasteiger partial charge in [0.05, 0.1) is 0 Å². The molecule has 1 aromatic rings. The summed E-state index contributed by atoms with van der Waals surface area (Å²) in [6.07, 6.45) is 1.52. The van der Waals surface area contributed by atoms with Gasteiger partial charge in [0.25, 0.3) is 0 Å². The van der Waals surface area contributed by atoms with Crippen molar-refractivity contribution in [1.82, 2.24) is 0 Å². The van der Waals surface area contributed by atoms with E-state index in [-0.39, 0.29) is 6.61 Å². The van der Waals surface area contributed by atoms with E-state index in [9.17, 15) is 4.79 Å². The maximum absolute atomic E-state index is 11.3. The van der Waals surface area contributed by atoms with Gasteiger partial charge in [-0.05, 0) is 5.56 Å². The van der Waals surface area contributed by atoms with Crippen molar-refractivity contribution in [2.24, 2.45) is 0 Å². The standard InChI is InChI=1S/C12H13ClO2S/c1-2-8-15-12(14)11(13)16-9-10-6-4-3-5-7-10/h2-7,11H,1,8-9H2. The van der Waals surface area contributed by atoms with Crippen molar-refractivity contribution in [2.45, 2.75) is 10.5 Å². The van der Waals surface area contributed by atoms with Crippen LogP contribution in [0.5, 0.6) is 0 Å². The molecule has 0 saturated carbocycles. The molecule has 1 rings (SSSR count). The van der Waals surface area contributed by atoms with Crippen molar-refractivity contribution in [1.29, 1.82) is 0 Å². The number of rotatable bonds is 6. The van der Waals surface area contributed by atoms with Gasteiger partial charge < -0.3 is 4.74 Å². The van der Waals surface area contributed by atoms with Gasteiger partial charge >= 0.3 is 5.97 Å². The van der Waals surface area contributed by atoms with Gasteiger partial charge in [-0.3, -0.25) is 0 Å². The average molecular weight is 257 g/mol. The van der Waals surface area contributed by atoms with Crippen LogP contribution in [0.3, 0.4) is 0 Å². The third-order valence-electron chi connectivity index (χ3n) is 1.77. The van der Waals surface area contributed by atoms with Gasteiger partial charge in [0.2, 0.25) is 0 Å². The van der Waals surface area contributed by atoms with Gasteiger partial charge in [-0.2, -0.15) is 0 Å². The number of hydrogen-bond donors (Lipinski definition) is 0. The highest BCUT2D eigenvalue weighted by molar-refractivity contribution is 8.01. The molecule has 0 radical (unpaired) electrons. The summed E-state index contributed by atoms with van der Waals surface area (Å²) in [5, 5.41) is 0. The Labute approximate surface area is 105 Å². The van der Waals surface area contributed by atoms with Crippen LogP contribution in [0.15, 0.2) is 43.0 Å². The lowest BCUT2D eigenvalue weighted by atomic mass is 10.2. The second-order valence-electron chi connectivity index (χ2n) is 3.03. The van der Waals surface area contributed by atoms with Gasteiger partial charge in [-0.1, -0.05) is 54.6 Å². The van der Waals surface area contributed by atoms with Gasteiger partial charge in [-0.25, -0.2) is 4.79 Å². The Morgan fingerprint density at radius 2 is 2.19 bits per heavy atom. The molecule has 2 nitrogen and oxygen atoms in total. The fraction of sp³-hybridized carbons (Fsp3) is 0.250. The Kier molecular flexibility index (Phi) is 6.04. The summed E-state index contributed by atoms with van der Waals surface area (Å²) >= 11 is 7.22.